The number of carbonyl (C=O) groups excluding carboxylic acids is 1. The number of benzene rings is 1. The summed E-state index contributed by atoms with van der Waals surface area (Å²) in [5.41, 5.74) is 5.41. The van der Waals surface area contributed by atoms with Gasteiger partial charge in [-0.05, 0) is 61.7 Å². The first kappa shape index (κ1) is 25.6. The van der Waals surface area contributed by atoms with Crippen molar-refractivity contribution in [2.75, 3.05) is 12.5 Å². The summed E-state index contributed by atoms with van der Waals surface area (Å²) in [4.78, 5) is 11.6. The number of nitriles is 1. The highest BCUT2D eigenvalue weighted by Gasteiger charge is 2.25. The topological polar surface area (TPSA) is 88.4 Å². The maximum atomic E-state index is 11.6. The van der Waals surface area contributed by atoms with Crippen LogP contribution in [0.1, 0.15) is 46.6 Å². The number of aromatic hydroxyl groups is 1. The number of nitrogens with one attached hydrogen (secondary N) is 2. The van der Waals surface area contributed by atoms with E-state index in [2.05, 4.69) is 51.0 Å². The number of hydrogen-bond donors (Lipinski definition) is 3. The van der Waals surface area contributed by atoms with E-state index in [4.69, 9.17) is 5.26 Å². The molecular weight excluding hydrogens is 375 g/mol. The van der Waals surface area contributed by atoms with Gasteiger partial charge in [-0.25, -0.2) is 5.26 Å². The Balaban J connectivity index is 3.15. The van der Waals surface area contributed by atoms with Gasteiger partial charge in [0, 0.05) is 5.70 Å². The van der Waals surface area contributed by atoms with Crippen molar-refractivity contribution in [3.63, 3.8) is 0 Å². The van der Waals surface area contributed by atoms with Gasteiger partial charge in [-0.2, -0.15) is 0 Å². The average Bonchev–Trinajstić information content (AvgIpc) is 2.67. The Kier molecular flexibility index (Phi) is 10.5. The van der Waals surface area contributed by atoms with Crippen LogP contribution < -0.4 is 10.7 Å². The minimum absolute atomic E-state index is 0.0362. The maximum Gasteiger partial charge on any atom is 0.258 e. The first-order valence-corrected chi connectivity index (χ1v) is 10.6. The molecule has 3 N–H and O–H groups in total. The zero-order valence-electron chi connectivity index (χ0n) is 19.1. The summed E-state index contributed by atoms with van der Waals surface area (Å²) >= 11 is 0. The van der Waals surface area contributed by atoms with Gasteiger partial charge in [-0.1, -0.05) is 46.8 Å². The third kappa shape index (κ3) is 7.42. The van der Waals surface area contributed by atoms with Crippen molar-refractivity contribution in [2.45, 2.75) is 65.4 Å². The molecule has 0 spiro atoms. The highest BCUT2D eigenvalue weighted by atomic mass is 16.3. The van der Waals surface area contributed by atoms with Gasteiger partial charge >= 0.3 is 0 Å². The fourth-order valence-electron chi connectivity index (χ4n) is 3.68. The molecule has 0 fully saturated rings. The first-order valence-electron chi connectivity index (χ1n) is 10.6. The van der Waals surface area contributed by atoms with Crippen LogP contribution in [0, 0.1) is 23.1 Å². The van der Waals surface area contributed by atoms with E-state index in [0.29, 0.717) is 23.7 Å². The second-order valence-corrected chi connectivity index (χ2v) is 8.60. The molecule has 163 valence electrons. The second kappa shape index (κ2) is 12.3. The van der Waals surface area contributed by atoms with Gasteiger partial charge in [0.25, 0.3) is 7.28 Å². The van der Waals surface area contributed by atoms with Crippen LogP contribution in [0.5, 0.6) is 5.75 Å². The monoisotopic (exact) mass is 411 g/mol. The molecule has 0 aliphatic rings. The molecule has 30 heavy (non-hydrogen) atoms. The molecule has 3 atom stereocenters. The van der Waals surface area contributed by atoms with E-state index in [-0.39, 0.29) is 23.5 Å². The van der Waals surface area contributed by atoms with E-state index in [0.717, 1.165) is 18.3 Å². The summed E-state index contributed by atoms with van der Waals surface area (Å²) in [7, 11) is 3.54. The number of carbonyl (C=O) groups is 1. The third-order valence-electron chi connectivity index (χ3n) is 5.13. The molecule has 6 nitrogen and oxygen atoms in total. The van der Waals surface area contributed by atoms with E-state index in [1.54, 1.807) is 25.3 Å². The number of hydrogen-bond acceptors (Lipinski definition) is 6. The standard InChI is InChI=1S/C23H36BN4O2/c1-15(2)10-20(24-14-25)11-19-8-9-22(30)21(12-19)27-28(17(5)13-29)18(6)23(26-7)16(3)4/h8-9,12-13,15-17,20,23,26-27,30H,6,10-11H2,1-5,7H3/t17-,20?,23?/m0/s1. The molecule has 0 heterocycles. The maximum absolute atomic E-state index is 11.6. The predicted molar refractivity (Wildman–Crippen MR) is 124 cm³/mol. The van der Waals surface area contributed by atoms with E-state index in [1.807, 2.05) is 19.2 Å². The van der Waals surface area contributed by atoms with E-state index < -0.39 is 6.04 Å². The quantitative estimate of drug-likeness (QED) is 0.197. The molecule has 0 aliphatic heterocycles. The van der Waals surface area contributed by atoms with Gasteiger partial charge in [-0.15, -0.1) is 0 Å². The van der Waals surface area contributed by atoms with Gasteiger partial charge in [0.1, 0.15) is 18.1 Å². The smallest absolute Gasteiger partial charge is 0.258 e. The molecule has 1 rings (SSSR count). The van der Waals surface area contributed by atoms with Crippen LogP contribution in [0.4, 0.5) is 5.69 Å². The highest BCUT2D eigenvalue weighted by Crippen LogP contribution is 2.30. The lowest BCUT2D eigenvalue weighted by Gasteiger charge is -2.36. The van der Waals surface area contributed by atoms with Gasteiger partial charge in [0.2, 0.25) is 0 Å². The van der Waals surface area contributed by atoms with E-state index in [9.17, 15) is 9.90 Å². The van der Waals surface area contributed by atoms with Crippen molar-refractivity contribution in [3.05, 3.63) is 36.0 Å². The fourth-order valence-corrected chi connectivity index (χ4v) is 3.68. The Labute approximate surface area is 182 Å². The van der Waals surface area contributed by atoms with Gasteiger partial charge in [0.15, 0.2) is 0 Å². The van der Waals surface area contributed by atoms with Crippen LogP contribution in [0.2, 0.25) is 5.82 Å². The molecule has 0 saturated heterocycles. The van der Waals surface area contributed by atoms with Crippen LogP contribution in [0.25, 0.3) is 0 Å². The molecule has 1 aromatic carbocycles. The Morgan fingerprint density at radius 3 is 2.50 bits per heavy atom. The lowest BCUT2D eigenvalue weighted by molar-refractivity contribution is -0.111. The number of nitrogens with zero attached hydrogens (tertiary/aromatic N) is 2. The number of hydrazine groups is 1. The largest absolute Gasteiger partial charge is 0.506 e. The molecule has 1 radical (unpaired) electrons. The number of phenolic OH excluding ortho intramolecular Hbond substituents is 1. The van der Waals surface area contributed by atoms with Crippen LogP contribution in [0.15, 0.2) is 30.5 Å². The SMILES string of the molecule is C=C(C(NC)C(C)C)N(Nc1cc(CC([B]C#N)CC(C)C)ccc1O)[C@@H](C)C=O. The van der Waals surface area contributed by atoms with Crippen molar-refractivity contribution in [1.82, 2.24) is 10.3 Å². The lowest BCUT2D eigenvalue weighted by atomic mass is 9.61. The Morgan fingerprint density at radius 2 is 2.00 bits per heavy atom. The lowest BCUT2D eigenvalue weighted by Crippen LogP contribution is -2.46. The normalized spacial score (nSPS) is 14.0. The Bertz CT molecular complexity index is 745. The molecule has 7 heteroatoms. The Hall–Kier alpha value is -2.46. The number of phenols is 1. The number of anilines is 1. The van der Waals surface area contributed by atoms with Crippen molar-refractivity contribution in [3.8, 4) is 11.7 Å². The zero-order chi connectivity index (χ0) is 22.8. The van der Waals surface area contributed by atoms with Crippen LogP contribution in [-0.2, 0) is 11.2 Å². The van der Waals surface area contributed by atoms with Crippen molar-refractivity contribution in [1.29, 1.82) is 5.26 Å². The summed E-state index contributed by atoms with van der Waals surface area (Å²) in [6, 6.07) is 4.86. The third-order valence-corrected chi connectivity index (χ3v) is 5.13. The van der Waals surface area contributed by atoms with Crippen molar-refractivity contribution >= 4 is 19.3 Å². The number of aldehydes is 1. The summed E-state index contributed by atoms with van der Waals surface area (Å²) in [6.45, 7) is 14.4. The summed E-state index contributed by atoms with van der Waals surface area (Å²) in [5, 5.41) is 24.5. The van der Waals surface area contributed by atoms with Gasteiger partial charge in [0.05, 0.1) is 11.7 Å². The van der Waals surface area contributed by atoms with Crippen molar-refractivity contribution in [2.24, 2.45) is 11.8 Å². The van der Waals surface area contributed by atoms with Crippen LogP contribution in [0.3, 0.4) is 0 Å². The molecule has 0 aliphatic carbocycles. The molecule has 0 bridgehead atoms. The average molecular weight is 411 g/mol. The second-order valence-electron chi connectivity index (χ2n) is 8.60. The summed E-state index contributed by atoms with van der Waals surface area (Å²) < 4.78 is 0. The summed E-state index contributed by atoms with van der Waals surface area (Å²) in [5.74, 6) is 3.14. The molecule has 1 aromatic rings. The zero-order valence-corrected chi connectivity index (χ0v) is 19.1. The van der Waals surface area contributed by atoms with Gasteiger partial charge in [-0.3, -0.25) is 10.4 Å². The van der Waals surface area contributed by atoms with Crippen LogP contribution in [-0.4, -0.2) is 42.8 Å². The minimum Gasteiger partial charge on any atom is -0.506 e. The van der Waals surface area contributed by atoms with Crippen LogP contribution >= 0.6 is 0 Å². The highest BCUT2D eigenvalue weighted by molar-refractivity contribution is 6.46. The van der Waals surface area contributed by atoms with Crippen molar-refractivity contribution < 1.29 is 9.90 Å². The van der Waals surface area contributed by atoms with E-state index in [1.165, 1.54) is 0 Å². The Morgan fingerprint density at radius 1 is 1.33 bits per heavy atom. The van der Waals surface area contributed by atoms with Gasteiger partial charge < -0.3 is 15.2 Å². The fraction of sp³-hybridized carbons (Fsp3) is 0.565. The number of rotatable bonds is 13. The molecule has 0 amide bonds. The number of likely N-dealkylation sites (N-methyl/N-ethyl adjacent to an activating group) is 1. The minimum atomic E-state index is -0.476. The molecule has 2 unspecified atom stereocenters. The first-order chi connectivity index (χ1) is 14.1. The predicted octanol–water partition coefficient (Wildman–Crippen LogP) is 3.93. The van der Waals surface area contributed by atoms with E-state index >= 15 is 0 Å². The molecule has 0 saturated carbocycles. The molecular formula is C23H36BN4O2. The molecule has 0 aromatic heterocycles. The summed E-state index contributed by atoms with van der Waals surface area (Å²) in [6.07, 6.45) is 2.46.